The third kappa shape index (κ3) is 1.93. The number of nitrogen functional groups attached to an aromatic ring is 1. The molecule has 0 spiro atoms. The molecule has 3 rings (SSSR count). The topological polar surface area (TPSA) is 112 Å². The molecule has 0 aliphatic carbocycles. The molecule has 2 aromatic heterocycles. The van der Waals surface area contributed by atoms with Gasteiger partial charge in [-0.15, -0.1) is 0 Å². The number of aromatic carboxylic acids is 1. The van der Waals surface area contributed by atoms with Gasteiger partial charge in [0.25, 0.3) is 0 Å². The molecule has 100 valence electrons. The van der Waals surface area contributed by atoms with Crippen LogP contribution in [-0.4, -0.2) is 26.2 Å². The number of aromatic amines is 1. The molecule has 0 atom stereocenters. The summed E-state index contributed by atoms with van der Waals surface area (Å²) in [7, 11) is 0. The van der Waals surface area contributed by atoms with E-state index in [2.05, 4.69) is 9.97 Å². The van der Waals surface area contributed by atoms with Crippen LogP contribution in [0, 0.1) is 0 Å². The lowest BCUT2D eigenvalue weighted by molar-refractivity contribution is 0.0696. The Hall–Kier alpha value is -3.02. The molecule has 20 heavy (non-hydrogen) atoms. The number of phenolic OH excluding ortho intramolecular Hbond substituents is 1. The van der Waals surface area contributed by atoms with Gasteiger partial charge < -0.3 is 20.9 Å². The molecule has 2 heterocycles. The number of hydrogen-bond acceptors (Lipinski definition) is 4. The van der Waals surface area contributed by atoms with Crippen molar-refractivity contribution in [1.82, 2.24) is 9.97 Å². The molecule has 0 saturated heterocycles. The predicted octanol–water partition coefficient (Wildman–Crippen LogP) is 2.22. The highest BCUT2D eigenvalue weighted by Gasteiger charge is 2.12. The first-order valence-electron chi connectivity index (χ1n) is 5.86. The second kappa shape index (κ2) is 4.27. The molecule has 0 fully saturated rings. The molecule has 0 saturated carbocycles. The van der Waals surface area contributed by atoms with Crippen molar-refractivity contribution in [3.05, 3.63) is 42.1 Å². The van der Waals surface area contributed by atoms with Gasteiger partial charge in [-0.3, -0.25) is 0 Å². The van der Waals surface area contributed by atoms with Crippen molar-refractivity contribution in [3.8, 4) is 16.9 Å². The van der Waals surface area contributed by atoms with Gasteiger partial charge in [-0.1, -0.05) is 0 Å². The molecular formula is C14H11N3O3. The highest BCUT2D eigenvalue weighted by atomic mass is 16.4. The van der Waals surface area contributed by atoms with Gasteiger partial charge in [0.1, 0.15) is 17.2 Å². The van der Waals surface area contributed by atoms with Gasteiger partial charge in [0, 0.05) is 11.6 Å². The van der Waals surface area contributed by atoms with Gasteiger partial charge in [0.15, 0.2) is 0 Å². The monoisotopic (exact) mass is 269 g/mol. The first-order chi connectivity index (χ1) is 9.54. The second-order valence-electron chi connectivity index (χ2n) is 4.41. The average molecular weight is 269 g/mol. The van der Waals surface area contributed by atoms with Gasteiger partial charge in [-0.25, -0.2) is 9.78 Å². The van der Waals surface area contributed by atoms with Crippen LogP contribution in [-0.2, 0) is 0 Å². The highest BCUT2D eigenvalue weighted by molar-refractivity contribution is 5.97. The minimum Gasteiger partial charge on any atom is -0.508 e. The minimum atomic E-state index is -1.10. The number of nitrogens with zero attached hydrogens (tertiary/aromatic N) is 1. The summed E-state index contributed by atoms with van der Waals surface area (Å²) >= 11 is 0. The van der Waals surface area contributed by atoms with Crippen molar-refractivity contribution in [2.75, 3.05) is 5.73 Å². The standard InChI is InChI=1S/C14H11N3O3/c15-12-6-11(10-1-2-16-13(10)17-12)7-3-8(14(19)20)5-9(18)4-7/h1-6,18H,(H,19,20)(H3,15,16,17). The van der Waals surface area contributed by atoms with Gasteiger partial charge in [-0.05, 0) is 41.5 Å². The summed E-state index contributed by atoms with van der Waals surface area (Å²) < 4.78 is 0. The van der Waals surface area contributed by atoms with Crippen LogP contribution in [0.5, 0.6) is 5.75 Å². The largest absolute Gasteiger partial charge is 0.508 e. The van der Waals surface area contributed by atoms with Crippen LogP contribution >= 0.6 is 0 Å². The maximum atomic E-state index is 11.1. The number of phenols is 1. The Morgan fingerprint density at radius 2 is 2.05 bits per heavy atom. The number of pyridine rings is 1. The third-order valence-electron chi connectivity index (χ3n) is 3.02. The van der Waals surface area contributed by atoms with Crippen LogP contribution in [0.3, 0.4) is 0 Å². The Kier molecular flexibility index (Phi) is 2.57. The molecule has 0 radical (unpaired) electrons. The van der Waals surface area contributed by atoms with E-state index in [4.69, 9.17) is 10.8 Å². The summed E-state index contributed by atoms with van der Waals surface area (Å²) in [6.07, 6.45) is 1.72. The Morgan fingerprint density at radius 3 is 2.80 bits per heavy atom. The van der Waals surface area contributed by atoms with Crippen molar-refractivity contribution in [2.24, 2.45) is 0 Å². The number of nitrogens with one attached hydrogen (secondary N) is 1. The number of fused-ring (bicyclic) bond motifs is 1. The van der Waals surface area contributed by atoms with Crippen LogP contribution in [0.1, 0.15) is 10.4 Å². The van der Waals surface area contributed by atoms with Gasteiger partial charge in [0.05, 0.1) is 5.56 Å². The van der Waals surface area contributed by atoms with Crippen molar-refractivity contribution in [2.45, 2.75) is 0 Å². The summed E-state index contributed by atoms with van der Waals surface area (Å²) in [5.41, 5.74) is 7.66. The van der Waals surface area contributed by atoms with E-state index in [-0.39, 0.29) is 11.3 Å². The third-order valence-corrected chi connectivity index (χ3v) is 3.02. The van der Waals surface area contributed by atoms with E-state index in [1.165, 1.54) is 18.2 Å². The van der Waals surface area contributed by atoms with E-state index in [0.717, 1.165) is 5.39 Å². The number of aromatic nitrogens is 2. The van der Waals surface area contributed by atoms with Crippen LogP contribution in [0.2, 0.25) is 0 Å². The number of H-pyrrole nitrogens is 1. The predicted molar refractivity (Wildman–Crippen MR) is 74.6 cm³/mol. The first kappa shape index (κ1) is 12.0. The van der Waals surface area contributed by atoms with Crippen molar-refractivity contribution in [3.63, 3.8) is 0 Å². The summed E-state index contributed by atoms with van der Waals surface area (Å²) in [5, 5.41) is 19.5. The Morgan fingerprint density at radius 1 is 1.25 bits per heavy atom. The number of anilines is 1. The fraction of sp³-hybridized carbons (Fsp3) is 0. The maximum Gasteiger partial charge on any atom is 0.335 e. The summed E-state index contributed by atoms with van der Waals surface area (Å²) in [6.45, 7) is 0. The summed E-state index contributed by atoms with van der Waals surface area (Å²) in [6, 6.07) is 7.65. The normalized spacial score (nSPS) is 10.8. The van der Waals surface area contributed by atoms with Gasteiger partial charge in [-0.2, -0.15) is 0 Å². The lowest BCUT2D eigenvalue weighted by atomic mass is 10.0. The lowest BCUT2D eigenvalue weighted by Gasteiger charge is -2.07. The zero-order valence-electron chi connectivity index (χ0n) is 10.3. The zero-order chi connectivity index (χ0) is 14.3. The van der Waals surface area contributed by atoms with E-state index in [1.54, 1.807) is 12.3 Å². The zero-order valence-corrected chi connectivity index (χ0v) is 10.3. The highest BCUT2D eigenvalue weighted by Crippen LogP contribution is 2.32. The van der Waals surface area contributed by atoms with E-state index < -0.39 is 5.97 Å². The Balaban J connectivity index is 2.30. The molecule has 0 amide bonds. The summed E-state index contributed by atoms with van der Waals surface area (Å²) in [4.78, 5) is 18.2. The second-order valence-corrected chi connectivity index (χ2v) is 4.41. The van der Waals surface area contributed by atoms with Gasteiger partial charge in [0.2, 0.25) is 0 Å². The number of hydrogen-bond donors (Lipinski definition) is 4. The molecule has 0 aliphatic rings. The van der Waals surface area contributed by atoms with Crippen LogP contribution in [0.4, 0.5) is 5.82 Å². The number of carbonyl (C=O) groups is 1. The van der Waals surface area contributed by atoms with Crippen LogP contribution in [0.25, 0.3) is 22.2 Å². The number of rotatable bonds is 2. The Labute approximate surface area is 113 Å². The Bertz CT molecular complexity index is 824. The van der Waals surface area contributed by atoms with Crippen molar-refractivity contribution in [1.29, 1.82) is 0 Å². The van der Waals surface area contributed by atoms with E-state index in [9.17, 15) is 9.90 Å². The smallest absolute Gasteiger partial charge is 0.335 e. The SMILES string of the molecule is Nc1cc(-c2cc(O)cc(C(=O)O)c2)c2cc[nH]c2n1. The minimum absolute atomic E-state index is 0.0130. The molecule has 6 nitrogen and oxygen atoms in total. The molecule has 1 aromatic carbocycles. The number of carboxylic acids is 1. The van der Waals surface area contributed by atoms with E-state index in [1.807, 2.05) is 6.07 Å². The van der Waals surface area contributed by atoms with Crippen LogP contribution in [0.15, 0.2) is 36.5 Å². The lowest BCUT2D eigenvalue weighted by Crippen LogP contribution is -1.97. The van der Waals surface area contributed by atoms with E-state index in [0.29, 0.717) is 22.6 Å². The average Bonchev–Trinajstić information content (AvgIpc) is 2.84. The molecule has 6 heteroatoms. The van der Waals surface area contributed by atoms with Gasteiger partial charge >= 0.3 is 5.97 Å². The molecule has 0 aliphatic heterocycles. The fourth-order valence-electron chi connectivity index (χ4n) is 2.19. The van der Waals surface area contributed by atoms with E-state index >= 15 is 0 Å². The number of nitrogens with two attached hydrogens (primary N) is 1. The molecule has 0 unspecified atom stereocenters. The number of aromatic hydroxyl groups is 1. The number of benzene rings is 1. The van der Waals surface area contributed by atoms with Crippen molar-refractivity contribution < 1.29 is 15.0 Å². The molecule has 3 aromatic rings. The molecule has 5 N–H and O–H groups in total. The quantitative estimate of drug-likeness (QED) is 0.569. The molecule has 0 bridgehead atoms. The number of carboxylic acid groups (broad SMARTS) is 1. The fourth-order valence-corrected chi connectivity index (χ4v) is 2.19. The summed E-state index contributed by atoms with van der Waals surface area (Å²) in [5.74, 6) is -0.899. The first-order valence-corrected chi connectivity index (χ1v) is 5.86. The molecular weight excluding hydrogens is 258 g/mol. The van der Waals surface area contributed by atoms with Crippen molar-refractivity contribution >= 4 is 22.8 Å². The maximum absolute atomic E-state index is 11.1. The van der Waals surface area contributed by atoms with Crippen LogP contribution < -0.4 is 5.73 Å².